The standard InChI is InChI=1S/C36H57BrSi/c1-26(2)12-10-14-28(5)20-22-36(23-21-29(6)15-11-13-27(3)4)34-24-30(37)16-18-32(34)33-19-17-31(25-35(33)36)38(7,8)9/h16-19,24-29H,10-15,20-23H2,1-9H3/t28-,29-/m0/s1. The maximum atomic E-state index is 3.87. The van der Waals surface area contributed by atoms with Gasteiger partial charge in [0, 0.05) is 9.89 Å². The van der Waals surface area contributed by atoms with E-state index in [4.69, 9.17) is 0 Å². The van der Waals surface area contributed by atoms with Gasteiger partial charge in [0.15, 0.2) is 0 Å². The fourth-order valence-corrected chi connectivity index (χ4v) is 8.14. The molecule has 2 atom stereocenters. The molecule has 38 heavy (non-hydrogen) atoms. The molecule has 0 fully saturated rings. The normalized spacial score (nSPS) is 16.1. The van der Waals surface area contributed by atoms with Gasteiger partial charge in [-0.1, -0.05) is 145 Å². The summed E-state index contributed by atoms with van der Waals surface area (Å²) in [6, 6.07) is 14.7. The zero-order chi connectivity index (χ0) is 28.1. The lowest BCUT2D eigenvalue weighted by atomic mass is 9.69. The van der Waals surface area contributed by atoms with Gasteiger partial charge in [0.25, 0.3) is 0 Å². The van der Waals surface area contributed by atoms with Crippen molar-refractivity contribution in [3.8, 4) is 11.1 Å². The molecule has 0 saturated carbocycles. The van der Waals surface area contributed by atoms with Crippen molar-refractivity contribution < 1.29 is 0 Å². The Morgan fingerprint density at radius 1 is 0.632 bits per heavy atom. The van der Waals surface area contributed by atoms with Crippen LogP contribution < -0.4 is 5.19 Å². The van der Waals surface area contributed by atoms with Crippen molar-refractivity contribution in [3.63, 3.8) is 0 Å². The minimum absolute atomic E-state index is 0.142. The van der Waals surface area contributed by atoms with E-state index in [-0.39, 0.29) is 5.41 Å². The Morgan fingerprint density at radius 3 is 1.58 bits per heavy atom. The second-order valence-electron chi connectivity index (χ2n) is 14.7. The van der Waals surface area contributed by atoms with E-state index in [0.717, 1.165) is 23.7 Å². The van der Waals surface area contributed by atoms with Gasteiger partial charge in [0.2, 0.25) is 0 Å². The Bertz CT molecular complexity index is 1000. The number of halogens is 1. The van der Waals surface area contributed by atoms with Crippen LogP contribution in [0, 0.1) is 23.7 Å². The van der Waals surface area contributed by atoms with Crippen molar-refractivity contribution >= 4 is 29.2 Å². The molecule has 0 aliphatic heterocycles. The van der Waals surface area contributed by atoms with Crippen LogP contribution in [-0.4, -0.2) is 8.07 Å². The fourth-order valence-electron chi connectivity index (χ4n) is 6.62. The van der Waals surface area contributed by atoms with Gasteiger partial charge in [-0.2, -0.15) is 0 Å². The predicted octanol–water partition coefficient (Wildman–Crippen LogP) is 11.7. The van der Waals surface area contributed by atoms with E-state index in [2.05, 4.69) is 114 Å². The molecular weight excluding hydrogens is 540 g/mol. The number of benzene rings is 2. The van der Waals surface area contributed by atoms with E-state index in [1.54, 1.807) is 16.3 Å². The Balaban J connectivity index is 1.98. The third-order valence-electron chi connectivity index (χ3n) is 9.27. The van der Waals surface area contributed by atoms with Gasteiger partial charge in [-0.3, -0.25) is 0 Å². The molecule has 0 N–H and O–H groups in total. The maximum Gasteiger partial charge on any atom is 0.0776 e. The molecule has 0 nitrogen and oxygen atoms in total. The lowest BCUT2D eigenvalue weighted by molar-refractivity contribution is 0.327. The number of rotatable bonds is 15. The van der Waals surface area contributed by atoms with Gasteiger partial charge in [0.05, 0.1) is 8.07 Å². The average molecular weight is 598 g/mol. The van der Waals surface area contributed by atoms with E-state index < -0.39 is 8.07 Å². The Hall–Kier alpha value is -0.863. The summed E-state index contributed by atoms with van der Waals surface area (Å²) < 4.78 is 1.23. The minimum Gasteiger partial charge on any atom is -0.0656 e. The summed E-state index contributed by atoms with van der Waals surface area (Å²) in [5, 5.41) is 1.61. The van der Waals surface area contributed by atoms with Crippen LogP contribution in [0.4, 0.5) is 0 Å². The minimum atomic E-state index is -1.41. The summed E-state index contributed by atoms with van der Waals surface area (Å²) in [4.78, 5) is 0. The predicted molar refractivity (Wildman–Crippen MR) is 178 cm³/mol. The molecule has 0 amide bonds. The molecule has 3 rings (SSSR count). The Morgan fingerprint density at radius 2 is 1.11 bits per heavy atom. The fraction of sp³-hybridized carbons (Fsp3) is 0.667. The quantitative estimate of drug-likeness (QED) is 0.179. The van der Waals surface area contributed by atoms with Crippen LogP contribution in [0.1, 0.15) is 117 Å². The van der Waals surface area contributed by atoms with Crippen molar-refractivity contribution in [1.82, 2.24) is 0 Å². The number of fused-ring (bicyclic) bond motifs is 3. The van der Waals surface area contributed by atoms with Crippen LogP contribution in [0.15, 0.2) is 40.9 Å². The van der Waals surface area contributed by atoms with Gasteiger partial charge >= 0.3 is 0 Å². The molecule has 2 aromatic carbocycles. The van der Waals surface area contributed by atoms with Crippen LogP contribution in [-0.2, 0) is 5.41 Å². The second-order valence-corrected chi connectivity index (χ2v) is 20.7. The van der Waals surface area contributed by atoms with E-state index in [9.17, 15) is 0 Å². The molecule has 0 heterocycles. The largest absolute Gasteiger partial charge is 0.0776 e. The number of hydrogen-bond donors (Lipinski definition) is 0. The summed E-state index contributed by atoms with van der Waals surface area (Å²) in [5.74, 6) is 3.20. The zero-order valence-electron chi connectivity index (χ0n) is 26.2. The number of hydrogen-bond acceptors (Lipinski definition) is 0. The first-order chi connectivity index (χ1) is 17.8. The molecule has 0 spiro atoms. The van der Waals surface area contributed by atoms with E-state index in [1.165, 1.54) is 79.8 Å². The molecule has 0 radical (unpaired) electrons. The van der Waals surface area contributed by atoms with Crippen molar-refractivity contribution in [3.05, 3.63) is 52.0 Å². The van der Waals surface area contributed by atoms with Crippen molar-refractivity contribution in [2.45, 2.75) is 131 Å². The summed E-state index contributed by atoms with van der Waals surface area (Å²) >= 11 is 3.87. The van der Waals surface area contributed by atoms with Gasteiger partial charge in [-0.25, -0.2) is 0 Å². The molecule has 0 aromatic heterocycles. The molecule has 1 aliphatic rings. The lowest BCUT2D eigenvalue weighted by Crippen LogP contribution is -2.38. The Kier molecular flexibility index (Phi) is 11.4. The molecule has 2 aromatic rings. The maximum absolute atomic E-state index is 3.87. The van der Waals surface area contributed by atoms with E-state index in [0.29, 0.717) is 0 Å². The van der Waals surface area contributed by atoms with E-state index in [1.807, 2.05) is 0 Å². The zero-order valence-corrected chi connectivity index (χ0v) is 28.8. The van der Waals surface area contributed by atoms with Crippen molar-refractivity contribution in [2.24, 2.45) is 23.7 Å². The summed E-state index contributed by atoms with van der Waals surface area (Å²) in [7, 11) is -1.41. The molecule has 1 aliphatic carbocycles. The third kappa shape index (κ3) is 8.09. The average Bonchev–Trinajstić information content (AvgIpc) is 3.09. The second kappa shape index (κ2) is 13.7. The van der Waals surface area contributed by atoms with Crippen LogP contribution >= 0.6 is 15.9 Å². The van der Waals surface area contributed by atoms with Crippen LogP contribution in [0.5, 0.6) is 0 Å². The first-order valence-electron chi connectivity index (χ1n) is 15.8. The summed E-state index contributed by atoms with van der Waals surface area (Å²) in [6.07, 6.45) is 13.4. The van der Waals surface area contributed by atoms with Gasteiger partial charge in [0.1, 0.15) is 0 Å². The first kappa shape index (κ1) is 31.7. The molecule has 0 bridgehead atoms. The topological polar surface area (TPSA) is 0 Å². The lowest BCUT2D eigenvalue weighted by Gasteiger charge is -2.35. The molecule has 2 heteroatoms. The monoisotopic (exact) mass is 596 g/mol. The highest BCUT2D eigenvalue weighted by Gasteiger charge is 2.43. The van der Waals surface area contributed by atoms with Crippen molar-refractivity contribution in [1.29, 1.82) is 0 Å². The van der Waals surface area contributed by atoms with E-state index >= 15 is 0 Å². The highest BCUT2D eigenvalue weighted by atomic mass is 79.9. The Labute approximate surface area is 245 Å². The first-order valence-corrected chi connectivity index (χ1v) is 20.1. The van der Waals surface area contributed by atoms with Crippen LogP contribution in [0.25, 0.3) is 11.1 Å². The highest BCUT2D eigenvalue weighted by molar-refractivity contribution is 9.10. The van der Waals surface area contributed by atoms with Gasteiger partial charge in [-0.05, 0) is 83.7 Å². The van der Waals surface area contributed by atoms with Crippen LogP contribution in [0.3, 0.4) is 0 Å². The SMILES string of the molecule is CC(C)CCC[C@H](C)CCC1(CC[C@@H](C)CCCC(C)C)c2cc(Br)ccc2-c2ccc([Si](C)(C)C)cc21. The molecule has 212 valence electrons. The summed E-state index contributed by atoms with van der Waals surface area (Å²) in [6.45, 7) is 22.0. The molecular formula is C36H57BrSi. The molecule has 0 saturated heterocycles. The highest BCUT2D eigenvalue weighted by Crippen LogP contribution is 2.55. The molecule has 0 unspecified atom stereocenters. The van der Waals surface area contributed by atoms with Crippen LogP contribution in [0.2, 0.25) is 19.6 Å². The smallest absolute Gasteiger partial charge is 0.0656 e. The van der Waals surface area contributed by atoms with Gasteiger partial charge in [-0.15, -0.1) is 0 Å². The third-order valence-corrected chi connectivity index (χ3v) is 11.8. The van der Waals surface area contributed by atoms with Gasteiger partial charge < -0.3 is 0 Å². The van der Waals surface area contributed by atoms with Crippen molar-refractivity contribution in [2.75, 3.05) is 0 Å². The summed E-state index contributed by atoms with van der Waals surface area (Å²) in [5.41, 5.74) is 6.38.